The molecule has 0 aromatic heterocycles. The second-order valence-electron chi connectivity index (χ2n) is 2.74. The third-order valence-corrected chi connectivity index (χ3v) is 1.99. The van der Waals surface area contributed by atoms with Gasteiger partial charge in [-0.2, -0.15) is 8.78 Å². The molecular formula is C8H4ClF2NO5. The van der Waals surface area contributed by atoms with Crippen LogP contribution in [0.15, 0.2) is 12.1 Å². The zero-order chi connectivity index (χ0) is 13.2. The van der Waals surface area contributed by atoms with Gasteiger partial charge in [-0.15, -0.1) is 0 Å². The number of carboxylic acid groups (broad SMARTS) is 1. The second kappa shape index (κ2) is 4.91. The summed E-state index contributed by atoms with van der Waals surface area (Å²) >= 11 is 5.45. The number of ether oxygens (including phenoxy) is 1. The lowest BCUT2D eigenvalue weighted by Crippen LogP contribution is -2.06. The summed E-state index contributed by atoms with van der Waals surface area (Å²) in [4.78, 5) is 20.2. The number of benzene rings is 1. The van der Waals surface area contributed by atoms with Crippen molar-refractivity contribution < 1.29 is 28.3 Å². The lowest BCUT2D eigenvalue weighted by Gasteiger charge is -2.07. The summed E-state index contributed by atoms with van der Waals surface area (Å²) in [5.74, 6) is -2.25. The highest BCUT2D eigenvalue weighted by atomic mass is 35.5. The van der Waals surface area contributed by atoms with E-state index in [1.54, 1.807) is 0 Å². The largest absolute Gasteiger partial charge is 0.477 e. The van der Waals surface area contributed by atoms with E-state index in [1.807, 2.05) is 0 Å². The van der Waals surface area contributed by atoms with Crippen molar-refractivity contribution in [1.82, 2.24) is 0 Å². The van der Waals surface area contributed by atoms with E-state index in [2.05, 4.69) is 4.74 Å². The Balaban J connectivity index is 3.34. The molecule has 0 spiro atoms. The summed E-state index contributed by atoms with van der Waals surface area (Å²) in [6.07, 6.45) is 0. The highest BCUT2D eigenvalue weighted by molar-refractivity contribution is 6.32. The van der Waals surface area contributed by atoms with Crippen LogP contribution in [0.3, 0.4) is 0 Å². The second-order valence-corrected chi connectivity index (χ2v) is 3.15. The van der Waals surface area contributed by atoms with Crippen LogP contribution in [-0.2, 0) is 0 Å². The molecule has 0 aliphatic rings. The van der Waals surface area contributed by atoms with Crippen molar-refractivity contribution in [2.45, 2.75) is 6.61 Å². The Morgan fingerprint density at radius 3 is 2.53 bits per heavy atom. The van der Waals surface area contributed by atoms with Crippen LogP contribution in [-0.4, -0.2) is 22.6 Å². The van der Waals surface area contributed by atoms with Crippen molar-refractivity contribution >= 4 is 23.3 Å². The number of nitro groups is 1. The average Bonchev–Trinajstić information content (AvgIpc) is 2.19. The summed E-state index contributed by atoms with van der Waals surface area (Å²) in [7, 11) is 0. The normalized spacial score (nSPS) is 10.4. The molecule has 17 heavy (non-hydrogen) atoms. The van der Waals surface area contributed by atoms with Crippen LogP contribution < -0.4 is 4.74 Å². The molecule has 6 nitrogen and oxygen atoms in total. The highest BCUT2D eigenvalue weighted by Crippen LogP contribution is 2.33. The zero-order valence-corrected chi connectivity index (χ0v) is 8.65. The van der Waals surface area contributed by atoms with E-state index in [4.69, 9.17) is 16.7 Å². The first-order chi connectivity index (χ1) is 7.82. The monoisotopic (exact) mass is 267 g/mol. The Morgan fingerprint density at radius 1 is 1.53 bits per heavy atom. The number of hydrogen-bond donors (Lipinski definition) is 1. The maximum absolute atomic E-state index is 11.9. The van der Waals surface area contributed by atoms with E-state index in [0.29, 0.717) is 12.1 Å². The van der Waals surface area contributed by atoms with E-state index in [0.717, 1.165) is 0 Å². The molecule has 0 saturated carbocycles. The molecule has 0 aliphatic carbocycles. The van der Waals surface area contributed by atoms with Crippen LogP contribution in [0.2, 0.25) is 5.02 Å². The summed E-state index contributed by atoms with van der Waals surface area (Å²) in [5.41, 5.74) is -1.58. The third kappa shape index (κ3) is 3.00. The predicted molar refractivity (Wildman–Crippen MR) is 51.7 cm³/mol. The van der Waals surface area contributed by atoms with Gasteiger partial charge in [0.25, 0.3) is 5.69 Å². The topological polar surface area (TPSA) is 89.7 Å². The van der Waals surface area contributed by atoms with Gasteiger partial charge in [0.2, 0.25) is 0 Å². The van der Waals surface area contributed by atoms with Crippen LogP contribution in [0.1, 0.15) is 10.4 Å². The lowest BCUT2D eigenvalue weighted by atomic mass is 10.1. The first kappa shape index (κ1) is 13.1. The maximum atomic E-state index is 11.9. The zero-order valence-electron chi connectivity index (χ0n) is 7.89. The van der Waals surface area contributed by atoms with Crippen LogP contribution in [0, 0.1) is 10.1 Å². The van der Waals surface area contributed by atoms with Crippen molar-refractivity contribution in [1.29, 1.82) is 0 Å². The molecule has 0 bridgehead atoms. The maximum Gasteiger partial charge on any atom is 0.387 e. The van der Waals surface area contributed by atoms with E-state index in [-0.39, 0.29) is 0 Å². The van der Waals surface area contributed by atoms with E-state index < -0.39 is 39.5 Å². The van der Waals surface area contributed by atoms with Gasteiger partial charge < -0.3 is 9.84 Å². The summed E-state index contributed by atoms with van der Waals surface area (Å²) < 4.78 is 27.8. The van der Waals surface area contributed by atoms with Gasteiger partial charge in [0, 0.05) is 0 Å². The van der Waals surface area contributed by atoms with E-state index in [1.165, 1.54) is 0 Å². The molecule has 1 rings (SSSR count). The van der Waals surface area contributed by atoms with Gasteiger partial charge in [0.15, 0.2) is 5.75 Å². The first-order valence-corrected chi connectivity index (χ1v) is 4.36. The number of carboxylic acids is 1. The van der Waals surface area contributed by atoms with Crippen molar-refractivity contribution in [2.24, 2.45) is 0 Å². The molecule has 1 aromatic carbocycles. The predicted octanol–water partition coefficient (Wildman–Crippen LogP) is 2.55. The highest BCUT2D eigenvalue weighted by Gasteiger charge is 2.24. The molecule has 0 heterocycles. The molecule has 0 fully saturated rings. The minimum atomic E-state index is -3.22. The molecule has 0 saturated heterocycles. The standard InChI is InChI=1S/C8H4ClF2NO5/c9-4-1-3(7(13)14)5(12(15)16)2-6(4)17-8(10)11/h1-2,8H,(H,13,14). The van der Waals surface area contributed by atoms with Gasteiger partial charge in [-0.05, 0) is 6.07 Å². The number of hydrogen-bond acceptors (Lipinski definition) is 4. The molecule has 92 valence electrons. The van der Waals surface area contributed by atoms with Gasteiger partial charge in [0.05, 0.1) is 16.0 Å². The number of nitrogens with zero attached hydrogens (tertiary/aromatic N) is 1. The Labute approximate surface area is 97.5 Å². The fourth-order valence-electron chi connectivity index (χ4n) is 1.05. The summed E-state index contributed by atoms with van der Waals surface area (Å²) in [5, 5.41) is 18.7. The number of rotatable bonds is 4. The molecule has 0 amide bonds. The van der Waals surface area contributed by atoms with E-state index in [9.17, 15) is 23.7 Å². The molecule has 0 aliphatic heterocycles. The summed E-state index contributed by atoms with van der Waals surface area (Å²) in [6.45, 7) is -3.22. The Kier molecular flexibility index (Phi) is 3.79. The molecule has 0 unspecified atom stereocenters. The molecule has 0 atom stereocenters. The van der Waals surface area contributed by atoms with Crippen molar-refractivity contribution in [3.8, 4) is 5.75 Å². The number of halogens is 3. The Bertz CT molecular complexity index is 479. The van der Waals surface area contributed by atoms with Crippen molar-refractivity contribution in [3.05, 3.63) is 32.8 Å². The van der Waals surface area contributed by atoms with Gasteiger partial charge in [-0.25, -0.2) is 4.79 Å². The van der Waals surface area contributed by atoms with Crippen LogP contribution >= 0.6 is 11.6 Å². The lowest BCUT2D eigenvalue weighted by molar-refractivity contribution is -0.385. The Morgan fingerprint density at radius 2 is 2.12 bits per heavy atom. The first-order valence-electron chi connectivity index (χ1n) is 3.99. The number of alkyl halides is 2. The molecule has 1 N–H and O–H groups in total. The summed E-state index contributed by atoms with van der Waals surface area (Å²) in [6, 6.07) is 1.22. The van der Waals surface area contributed by atoms with Gasteiger partial charge >= 0.3 is 12.6 Å². The van der Waals surface area contributed by atoms with E-state index >= 15 is 0 Å². The SMILES string of the molecule is O=C(O)c1cc(Cl)c(OC(F)F)cc1[N+](=O)[O-]. The van der Waals surface area contributed by atoms with Crippen LogP contribution in [0.5, 0.6) is 5.75 Å². The number of nitro benzene ring substituents is 1. The quantitative estimate of drug-likeness (QED) is 0.669. The van der Waals surface area contributed by atoms with Crippen LogP contribution in [0.4, 0.5) is 14.5 Å². The molecule has 0 radical (unpaired) electrons. The van der Waals surface area contributed by atoms with Gasteiger partial charge in [-0.3, -0.25) is 10.1 Å². The minimum Gasteiger partial charge on any atom is -0.477 e. The third-order valence-electron chi connectivity index (χ3n) is 1.69. The molecule has 9 heteroatoms. The van der Waals surface area contributed by atoms with Gasteiger partial charge in [0.1, 0.15) is 5.56 Å². The number of aromatic carboxylic acids is 1. The molecule has 1 aromatic rings. The number of carbonyl (C=O) groups is 1. The fourth-order valence-corrected chi connectivity index (χ4v) is 1.26. The van der Waals surface area contributed by atoms with Gasteiger partial charge in [-0.1, -0.05) is 11.6 Å². The van der Waals surface area contributed by atoms with Crippen molar-refractivity contribution in [2.75, 3.05) is 0 Å². The smallest absolute Gasteiger partial charge is 0.387 e. The Hall–Kier alpha value is -1.96. The van der Waals surface area contributed by atoms with Crippen LogP contribution in [0.25, 0.3) is 0 Å². The average molecular weight is 268 g/mol. The fraction of sp³-hybridized carbons (Fsp3) is 0.125. The minimum absolute atomic E-state index is 0.451. The van der Waals surface area contributed by atoms with Crippen molar-refractivity contribution in [3.63, 3.8) is 0 Å². The molecular weight excluding hydrogens is 264 g/mol.